The van der Waals surface area contributed by atoms with E-state index in [1.165, 1.54) is 12.4 Å². The van der Waals surface area contributed by atoms with Crippen molar-refractivity contribution in [3.63, 3.8) is 0 Å². The lowest BCUT2D eigenvalue weighted by Gasteiger charge is -2.25. The highest BCUT2D eigenvalue weighted by Crippen LogP contribution is 2.35. The largest absolute Gasteiger partial charge is 0.416 e. The summed E-state index contributed by atoms with van der Waals surface area (Å²) in [5, 5.41) is 2.88. The molecule has 0 atom stereocenters. The van der Waals surface area contributed by atoms with Crippen LogP contribution in [0.15, 0.2) is 53.6 Å². The van der Waals surface area contributed by atoms with Crippen LogP contribution < -0.4 is 15.8 Å². The highest BCUT2D eigenvalue weighted by molar-refractivity contribution is 5.94. The van der Waals surface area contributed by atoms with Crippen LogP contribution in [0.4, 0.5) is 24.5 Å². The van der Waals surface area contributed by atoms with Crippen molar-refractivity contribution in [2.24, 2.45) is 0 Å². The van der Waals surface area contributed by atoms with Crippen LogP contribution in [-0.2, 0) is 17.5 Å². The number of carbonyl (C=O) groups excluding carboxylic acids is 1. The fraction of sp³-hybridized carbons (Fsp3) is 0.286. The fourth-order valence-electron chi connectivity index (χ4n) is 3.22. The first-order valence-corrected chi connectivity index (χ1v) is 9.44. The number of halogens is 3. The number of carbonyl (C=O) groups is 1. The number of alkyl halides is 3. The molecule has 0 saturated carbocycles. The van der Waals surface area contributed by atoms with Gasteiger partial charge in [0.1, 0.15) is 6.54 Å². The monoisotopic (exact) mass is 418 g/mol. The maximum Gasteiger partial charge on any atom is 0.416 e. The van der Waals surface area contributed by atoms with Crippen LogP contribution >= 0.6 is 0 Å². The van der Waals surface area contributed by atoms with Gasteiger partial charge < -0.3 is 10.2 Å². The summed E-state index contributed by atoms with van der Waals surface area (Å²) in [6.45, 7) is 4.47. The molecule has 0 aliphatic heterocycles. The summed E-state index contributed by atoms with van der Waals surface area (Å²) >= 11 is 0. The maximum absolute atomic E-state index is 13.2. The first-order chi connectivity index (χ1) is 14.2. The Bertz CT molecular complexity index is 1120. The van der Waals surface area contributed by atoms with Gasteiger partial charge in [-0.15, -0.1) is 0 Å². The molecular formula is C21H21F3N4O2. The summed E-state index contributed by atoms with van der Waals surface area (Å²) in [5.74, 6) is -0.623. The van der Waals surface area contributed by atoms with Crippen molar-refractivity contribution in [1.29, 1.82) is 0 Å². The minimum absolute atomic E-state index is 0.0420. The molecule has 30 heavy (non-hydrogen) atoms. The lowest BCUT2D eigenvalue weighted by molar-refractivity contribution is -0.137. The molecule has 9 heteroatoms. The predicted octanol–water partition coefficient (Wildman–Crippen LogP) is 3.90. The third kappa shape index (κ3) is 4.45. The topological polar surface area (TPSA) is 67.2 Å². The van der Waals surface area contributed by atoms with Crippen LogP contribution in [0.3, 0.4) is 0 Å². The summed E-state index contributed by atoms with van der Waals surface area (Å²) in [6, 6.07) is 9.96. The van der Waals surface area contributed by atoms with E-state index in [0.717, 1.165) is 16.7 Å². The lowest BCUT2D eigenvalue weighted by atomic mass is 10.1. The van der Waals surface area contributed by atoms with Crippen LogP contribution in [-0.4, -0.2) is 28.5 Å². The van der Waals surface area contributed by atoms with Gasteiger partial charge in [-0.2, -0.15) is 13.2 Å². The lowest BCUT2D eigenvalue weighted by Crippen LogP contribution is -2.29. The van der Waals surface area contributed by atoms with Crippen molar-refractivity contribution in [1.82, 2.24) is 9.55 Å². The Balaban J connectivity index is 1.92. The van der Waals surface area contributed by atoms with Crippen molar-refractivity contribution in [2.45, 2.75) is 26.6 Å². The summed E-state index contributed by atoms with van der Waals surface area (Å²) in [4.78, 5) is 31.1. The molecular weight excluding hydrogens is 397 g/mol. The number of nitrogens with zero attached hydrogens (tertiary/aromatic N) is 3. The van der Waals surface area contributed by atoms with Crippen molar-refractivity contribution >= 4 is 28.2 Å². The van der Waals surface area contributed by atoms with Crippen LogP contribution in [0.2, 0.25) is 0 Å². The Kier molecular flexibility index (Phi) is 6.09. The van der Waals surface area contributed by atoms with E-state index in [0.29, 0.717) is 29.7 Å². The quantitative estimate of drug-likeness (QED) is 0.659. The van der Waals surface area contributed by atoms with Crippen molar-refractivity contribution in [3.05, 3.63) is 64.7 Å². The normalized spacial score (nSPS) is 11.5. The zero-order valence-electron chi connectivity index (χ0n) is 16.5. The zero-order valence-corrected chi connectivity index (χ0v) is 16.5. The van der Waals surface area contributed by atoms with Crippen LogP contribution in [0, 0.1) is 0 Å². The number of fused-ring (bicyclic) bond motifs is 1. The number of benzene rings is 2. The van der Waals surface area contributed by atoms with E-state index in [1.807, 2.05) is 18.7 Å². The molecule has 0 fully saturated rings. The van der Waals surface area contributed by atoms with E-state index in [-0.39, 0.29) is 12.2 Å². The molecule has 1 aromatic heterocycles. The van der Waals surface area contributed by atoms with Gasteiger partial charge in [0.25, 0.3) is 5.56 Å². The number of aromatic nitrogens is 2. The number of para-hydroxylation sites is 1. The number of hydrogen-bond donors (Lipinski definition) is 1. The molecule has 0 radical (unpaired) electrons. The summed E-state index contributed by atoms with van der Waals surface area (Å²) in [6.07, 6.45) is -3.29. The molecule has 3 aromatic rings. The molecule has 0 unspecified atom stereocenters. The molecule has 2 aromatic carbocycles. The number of rotatable bonds is 6. The first-order valence-electron chi connectivity index (χ1n) is 9.44. The Morgan fingerprint density at radius 2 is 1.83 bits per heavy atom. The Morgan fingerprint density at radius 3 is 2.50 bits per heavy atom. The minimum Gasteiger partial charge on any atom is -0.370 e. The first kappa shape index (κ1) is 21.4. The Labute approximate surface area is 171 Å². The second-order valence-corrected chi connectivity index (χ2v) is 6.64. The standard InChI is InChI=1S/C21H21F3N4O2/c1-3-27(4-2)18-10-9-14(21(22,23)24)11-17(18)26-19(29)12-28-13-25-16-8-6-5-7-15(16)20(28)30/h5-11,13H,3-4,12H2,1-2H3,(H,26,29). The van der Waals surface area contributed by atoms with Gasteiger partial charge in [0, 0.05) is 13.1 Å². The maximum atomic E-state index is 13.2. The molecule has 1 N–H and O–H groups in total. The van der Waals surface area contributed by atoms with Crippen molar-refractivity contribution < 1.29 is 18.0 Å². The van der Waals surface area contributed by atoms with E-state index >= 15 is 0 Å². The molecule has 0 aliphatic rings. The SMILES string of the molecule is CCN(CC)c1ccc(C(F)(F)F)cc1NC(=O)Cn1cnc2ccccc2c1=O. The second-order valence-electron chi connectivity index (χ2n) is 6.64. The smallest absolute Gasteiger partial charge is 0.370 e. The van der Waals surface area contributed by atoms with Gasteiger partial charge in [-0.3, -0.25) is 14.2 Å². The Morgan fingerprint density at radius 1 is 1.13 bits per heavy atom. The molecule has 0 spiro atoms. The van der Waals surface area contributed by atoms with E-state index in [4.69, 9.17) is 0 Å². The van der Waals surface area contributed by atoms with Gasteiger partial charge >= 0.3 is 6.18 Å². The molecule has 1 heterocycles. The van der Waals surface area contributed by atoms with Gasteiger partial charge in [0.2, 0.25) is 5.91 Å². The molecule has 0 bridgehead atoms. The second kappa shape index (κ2) is 8.56. The van der Waals surface area contributed by atoms with Crippen molar-refractivity contribution in [2.75, 3.05) is 23.3 Å². The third-order valence-corrected chi connectivity index (χ3v) is 4.75. The molecule has 1 amide bonds. The number of hydrogen-bond acceptors (Lipinski definition) is 4. The highest BCUT2D eigenvalue weighted by Gasteiger charge is 2.31. The average molecular weight is 418 g/mol. The molecule has 3 rings (SSSR count). The molecule has 0 aliphatic carbocycles. The van der Waals surface area contributed by atoms with Gasteiger partial charge in [0.15, 0.2) is 0 Å². The van der Waals surface area contributed by atoms with Crippen LogP contribution in [0.25, 0.3) is 10.9 Å². The van der Waals surface area contributed by atoms with E-state index in [1.54, 1.807) is 24.3 Å². The van der Waals surface area contributed by atoms with E-state index < -0.39 is 23.2 Å². The fourth-order valence-corrected chi connectivity index (χ4v) is 3.22. The Hall–Kier alpha value is -3.36. The van der Waals surface area contributed by atoms with Crippen LogP contribution in [0.1, 0.15) is 19.4 Å². The van der Waals surface area contributed by atoms with Crippen molar-refractivity contribution in [3.8, 4) is 0 Å². The number of nitrogens with one attached hydrogen (secondary N) is 1. The van der Waals surface area contributed by atoms with E-state index in [9.17, 15) is 22.8 Å². The van der Waals surface area contributed by atoms with Crippen LogP contribution in [0.5, 0.6) is 0 Å². The average Bonchev–Trinajstić information content (AvgIpc) is 2.71. The molecule has 0 saturated heterocycles. The molecule has 6 nitrogen and oxygen atoms in total. The van der Waals surface area contributed by atoms with Gasteiger partial charge in [0.05, 0.1) is 34.2 Å². The predicted molar refractivity (Wildman–Crippen MR) is 110 cm³/mol. The third-order valence-electron chi connectivity index (χ3n) is 4.75. The van der Waals surface area contributed by atoms with Gasteiger partial charge in [-0.25, -0.2) is 4.98 Å². The van der Waals surface area contributed by atoms with Gasteiger partial charge in [-0.05, 0) is 44.2 Å². The highest BCUT2D eigenvalue weighted by atomic mass is 19.4. The van der Waals surface area contributed by atoms with Gasteiger partial charge in [-0.1, -0.05) is 12.1 Å². The zero-order chi connectivity index (χ0) is 21.9. The molecule has 158 valence electrons. The summed E-state index contributed by atoms with van der Waals surface area (Å²) in [7, 11) is 0. The number of anilines is 2. The summed E-state index contributed by atoms with van der Waals surface area (Å²) < 4.78 is 40.6. The minimum atomic E-state index is -4.54. The number of amides is 1. The van der Waals surface area contributed by atoms with E-state index in [2.05, 4.69) is 10.3 Å². The summed E-state index contributed by atoms with van der Waals surface area (Å²) in [5.41, 5.74) is -0.242.